The molecule has 7 nitrogen and oxygen atoms in total. The van der Waals surface area contributed by atoms with Gasteiger partial charge in [-0.2, -0.15) is 13.2 Å². The van der Waals surface area contributed by atoms with Gasteiger partial charge in [-0.05, 0) is 38.1 Å². The van der Waals surface area contributed by atoms with Crippen LogP contribution >= 0.6 is 0 Å². The van der Waals surface area contributed by atoms with E-state index in [1.807, 2.05) is 0 Å². The highest BCUT2D eigenvalue weighted by Gasteiger charge is 2.37. The standard InChI is InChI=1S/C19H16F4N4O3/c1-8(24-14-5-4-10(6-13(14)20)18(29)30-3)11-7-12-16(25-9(2)26-17(12)28)27-15(11)19(21,22)23/h4-8,24H,1-3H3,(H,25,26,27,28)/t8-/m0/s1. The number of pyridine rings is 1. The van der Waals surface area contributed by atoms with Crippen molar-refractivity contribution in [3.63, 3.8) is 0 Å². The Labute approximate surface area is 167 Å². The summed E-state index contributed by atoms with van der Waals surface area (Å²) in [6.07, 6.45) is -4.83. The smallest absolute Gasteiger partial charge is 0.433 e. The number of anilines is 1. The molecule has 11 heteroatoms. The summed E-state index contributed by atoms with van der Waals surface area (Å²) in [5.74, 6) is -1.49. The van der Waals surface area contributed by atoms with Crippen LogP contribution in [0, 0.1) is 12.7 Å². The van der Waals surface area contributed by atoms with Gasteiger partial charge in [0.25, 0.3) is 5.56 Å². The van der Waals surface area contributed by atoms with Crippen molar-refractivity contribution >= 4 is 22.7 Å². The molecule has 0 aliphatic carbocycles. The third kappa shape index (κ3) is 4.09. The number of aryl methyl sites for hydroxylation is 1. The molecule has 2 N–H and O–H groups in total. The van der Waals surface area contributed by atoms with Gasteiger partial charge >= 0.3 is 12.1 Å². The van der Waals surface area contributed by atoms with Gasteiger partial charge < -0.3 is 15.0 Å². The number of esters is 1. The molecule has 1 aromatic carbocycles. The lowest BCUT2D eigenvalue weighted by molar-refractivity contribution is -0.141. The fourth-order valence-electron chi connectivity index (χ4n) is 2.93. The predicted octanol–water partition coefficient (Wildman–Crippen LogP) is 3.74. The molecule has 158 valence electrons. The number of ether oxygens (including phenoxy) is 1. The fraction of sp³-hybridized carbons (Fsp3) is 0.263. The number of aromatic nitrogens is 3. The van der Waals surface area contributed by atoms with E-state index < -0.39 is 35.3 Å². The predicted molar refractivity (Wildman–Crippen MR) is 99.7 cm³/mol. The first kappa shape index (κ1) is 21.2. The minimum absolute atomic E-state index is 0.0514. The highest BCUT2D eigenvalue weighted by molar-refractivity contribution is 5.89. The summed E-state index contributed by atoms with van der Waals surface area (Å²) in [6.45, 7) is 2.79. The Bertz CT molecular complexity index is 1190. The summed E-state index contributed by atoms with van der Waals surface area (Å²) in [7, 11) is 1.14. The molecule has 0 aliphatic heterocycles. The first-order valence-corrected chi connectivity index (χ1v) is 8.64. The van der Waals surface area contributed by atoms with Crippen LogP contribution in [-0.4, -0.2) is 28.0 Å². The van der Waals surface area contributed by atoms with Crippen LogP contribution in [-0.2, 0) is 10.9 Å². The molecule has 0 spiro atoms. The van der Waals surface area contributed by atoms with Gasteiger partial charge in [0.05, 0.1) is 29.8 Å². The molecule has 0 amide bonds. The van der Waals surface area contributed by atoms with E-state index >= 15 is 0 Å². The molecule has 3 aromatic rings. The van der Waals surface area contributed by atoms with Crippen LogP contribution < -0.4 is 10.9 Å². The Hall–Kier alpha value is -3.50. The third-order valence-electron chi connectivity index (χ3n) is 4.34. The van der Waals surface area contributed by atoms with Gasteiger partial charge in [-0.25, -0.2) is 19.2 Å². The van der Waals surface area contributed by atoms with Crippen LogP contribution in [0.2, 0.25) is 0 Å². The van der Waals surface area contributed by atoms with Crippen LogP contribution in [0.4, 0.5) is 23.2 Å². The van der Waals surface area contributed by atoms with Crippen molar-refractivity contribution < 1.29 is 27.1 Å². The molecule has 0 aliphatic rings. The number of nitrogens with one attached hydrogen (secondary N) is 2. The normalized spacial score (nSPS) is 12.6. The van der Waals surface area contributed by atoms with Crippen LogP contribution in [0.1, 0.15) is 40.4 Å². The summed E-state index contributed by atoms with van der Waals surface area (Å²) >= 11 is 0. The van der Waals surface area contributed by atoms with E-state index in [0.29, 0.717) is 0 Å². The summed E-state index contributed by atoms with van der Waals surface area (Å²) in [4.78, 5) is 33.4. The summed E-state index contributed by atoms with van der Waals surface area (Å²) in [6, 6.07) is 3.33. The number of carbonyl (C=O) groups is 1. The lowest BCUT2D eigenvalue weighted by atomic mass is 10.0. The minimum Gasteiger partial charge on any atom is -0.465 e. The molecule has 2 aromatic heterocycles. The number of rotatable bonds is 4. The molecule has 1 atom stereocenters. The van der Waals surface area contributed by atoms with Crippen molar-refractivity contribution in [1.82, 2.24) is 15.0 Å². The fourth-order valence-corrected chi connectivity index (χ4v) is 2.93. The van der Waals surface area contributed by atoms with Crippen molar-refractivity contribution in [2.45, 2.75) is 26.1 Å². The number of alkyl halides is 3. The van der Waals surface area contributed by atoms with Gasteiger partial charge in [0.15, 0.2) is 11.3 Å². The Morgan fingerprint density at radius 3 is 2.53 bits per heavy atom. The Balaban J connectivity index is 2.07. The molecule has 0 radical (unpaired) electrons. The average molecular weight is 424 g/mol. The van der Waals surface area contributed by atoms with Gasteiger partial charge in [0, 0.05) is 5.56 Å². The largest absolute Gasteiger partial charge is 0.465 e. The van der Waals surface area contributed by atoms with Crippen LogP contribution in [0.5, 0.6) is 0 Å². The van der Waals surface area contributed by atoms with Crippen molar-refractivity contribution in [3.05, 3.63) is 63.1 Å². The lowest BCUT2D eigenvalue weighted by Gasteiger charge is -2.20. The van der Waals surface area contributed by atoms with Gasteiger partial charge in [-0.15, -0.1) is 0 Å². The SMILES string of the molecule is COC(=O)c1ccc(N[C@@H](C)c2cc3c(=O)[nH]c(C)nc3nc2C(F)(F)F)c(F)c1. The van der Waals surface area contributed by atoms with E-state index in [0.717, 1.165) is 19.2 Å². The van der Waals surface area contributed by atoms with Crippen LogP contribution in [0.25, 0.3) is 11.0 Å². The number of benzene rings is 1. The lowest BCUT2D eigenvalue weighted by Crippen LogP contribution is -2.20. The number of nitrogens with zero attached hydrogens (tertiary/aromatic N) is 2. The van der Waals surface area contributed by atoms with Crippen molar-refractivity contribution in [3.8, 4) is 0 Å². The maximum atomic E-state index is 14.3. The number of hydrogen-bond donors (Lipinski definition) is 2. The second-order valence-electron chi connectivity index (χ2n) is 6.50. The summed E-state index contributed by atoms with van der Waals surface area (Å²) in [5.41, 5.74) is -2.76. The molecule has 3 rings (SSSR count). The van der Waals surface area contributed by atoms with Crippen LogP contribution in [0.15, 0.2) is 29.1 Å². The minimum atomic E-state index is -4.83. The Kier molecular flexibility index (Phi) is 5.47. The van der Waals surface area contributed by atoms with E-state index in [1.165, 1.54) is 26.0 Å². The van der Waals surface area contributed by atoms with Crippen LogP contribution in [0.3, 0.4) is 0 Å². The van der Waals surface area contributed by atoms with Crippen molar-refractivity contribution in [1.29, 1.82) is 0 Å². The average Bonchev–Trinajstić information content (AvgIpc) is 2.67. The van der Waals surface area contributed by atoms with Gasteiger partial charge in [-0.3, -0.25) is 4.79 Å². The second kappa shape index (κ2) is 7.73. The highest BCUT2D eigenvalue weighted by atomic mass is 19.4. The van der Waals surface area contributed by atoms with E-state index in [-0.39, 0.29) is 33.7 Å². The van der Waals surface area contributed by atoms with Gasteiger partial charge in [0.2, 0.25) is 0 Å². The highest BCUT2D eigenvalue weighted by Crippen LogP contribution is 2.35. The molecule has 0 saturated heterocycles. The van der Waals surface area contributed by atoms with Crippen molar-refractivity contribution in [2.24, 2.45) is 0 Å². The maximum absolute atomic E-state index is 14.3. The Morgan fingerprint density at radius 2 is 1.93 bits per heavy atom. The number of halogens is 4. The zero-order valence-corrected chi connectivity index (χ0v) is 16.0. The number of H-pyrrole nitrogens is 1. The zero-order chi connectivity index (χ0) is 22.2. The molecule has 0 saturated carbocycles. The number of hydrogen-bond acceptors (Lipinski definition) is 6. The third-order valence-corrected chi connectivity index (χ3v) is 4.34. The van der Waals surface area contributed by atoms with E-state index in [2.05, 4.69) is 25.0 Å². The summed E-state index contributed by atoms with van der Waals surface area (Å²) < 4.78 is 59.7. The molecule has 0 bridgehead atoms. The summed E-state index contributed by atoms with van der Waals surface area (Å²) in [5, 5.41) is 2.49. The molecular weight excluding hydrogens is 408 g/mol. The van der Waals surface area contributed by atoms with Crippen molar-refractivity contribution in [2.75, 3.05) is 12.4 Å². The van der Waals surface area contributed by atoms with E-state index in [1.54, 1.807) is 0 Å². The first-order valence-electron chi connectivity index (χ1n) is 8.64. The second-order valence-corrected chi connectivity index (χ2v) is 6.50. The Morgan fingerprint density at radius 1 is 1.23 bits per heavy atom. The number of fused-ring (bicyclic) bond motifs is 1. The quantitative estimate of drug-likeness (QED) is 0.489. The molecule has 0 fully saturated rings. The number of aromatic amines is 1. The topological polar surface area (TPSA) is 97.0 Å². The number of methoxy groups -OCH3 is 1. The monoisotopic (exact) mass is 424 g/mol. The molecule has 30 heavy (non-hydrogen) atoms. The molecular formula is C19H16F4N4O3. The number of carbonyl (C=O) groups excluding carboxylic acids is 1. The molecule has 2 heterocycles. The molecule has 0 unspecified atom stereocenters. The van der Waals surface area contributed by atoms with E-state index in [9.17, 15) is 27.2 Å². The first-order chi connectivity index (χ1) is 14.0. The van der Waals surface area contributed by atoms with Gasteiger partial charge in [0.1, 0.15) is 11.6 Å². The maximum Gasteiger partial charge on any atom is 0.433 e. The van der Waals surface area contributed by atoms with Gasteiger partial charge in [-0.1, -0.05) is 0 Å². The van der Waals surface area contributed by atoms with E-state index in [4.69, 9.17) is 0 Å². The zero-order valence-electron chi connectivity index (χ0n) is 16.0.